The summed E-state index contributed by atoms with van der Waals surface area (Å²) in [7, 11) is 0. The maximum absolute atomic E-state index is 13.0. The molecular weight excluding hydrogens is 295 g/mol. The summed E-state index contributed by atoms with van der Waals surface area (Å²) in [6.45, 7) is 3.06. The topological polar surface area (TPSA) is 61.3 Å². The Bertz CT molecular complexity index is 662. The van der Waals surface area contributed by atoms with E-state index in [0.717, 1.165) is 43.0 Å². The fraction of sp³-hybridized carbons (Fsp3) is 0.412. The van der Waals surface area contributed by atoms with E-state index < -0.39 is 0 Å². The molecule has 5 nitrogen and oxygen atoms in total. The van der Waals surface area contributed by atoms with Gasteiger partial charge in [-0.05, 0) is 43.5 Å². The molecule has 1 aromatic carbocycles. The zero-order valence-electron chi connectivity index (χ0n) is 13.2. The Labute approximate surface area is 135 Å². The summed E-state index contributed by atoms with van der Waals surface area (Å²) in [5, 5.41) is 12.6. The van der Waals surface area contributed by atoms with Gasteiger partial charge in [-0.15, -0.1) is 0 Å². The third kappa shape index (κ3) is 3.59. The van der Waals surface area contributed by atoms with Gasteiger partial charge in [-0.25, -0.2) is 9.37 Å². The van der Waals surface area contributed by atoms with E-state index >= 15 is 0 Å². The normalized spacial score (nSPS) is 17.5. The van der Waals surface area contributed by atoms with Crippen LogP contribution in [0.3, 0.4) is 0 Å². The number of hydrogen-bond acceptors (Lipinski definition) is 5. The van der Waals surface area contributed by atoms with Crippen LogP contribution in [0.1, 0.15) is 25.5 Å². The minimum absolute atomic E-state index is 0.119. The minimum atomic E-state index is -0.276. The molecule has 0 saturated carbocycles. The molecule has 1 aliphatic rings. The molecular formula is C17H21FN4O. The Hall–Kier alpha value is -2.21. The van der Waals surface area contributed by atoms with Crippen molar-refractivity contribution in [1.29, 1.82) is 0 Å². The predicted octanol–water partition coefficient (Wildman–Crippen LogP) is 2.88. The Kier molecular flexibility index (Phi) is 4.71. The minimum Gasteiger partial charge on any atom is -0.394 e. The zero-order chi connectivity index (χ0) is 16.2. The number of benzene rings is 1. The lowest BCUT2D eigenvalue weighted by Crippen LogP contribution is -2.33. The highest BCUT2D eigenvalue weighted by atomic mass is 19.1. The van der Waals surface area contributed by atoms with Crippen molar-refractivity contribution in [2.45, 2.75) is 32.2 Å². The molecule has 0 radical (unpaired) electrons. The molecule has 0 bridgehead atoms. The summed E-state index contributed by atoms with van der Waals surface area (Å²) in [5.74, 6) is 1.05. The second-order valence-corrected chi connectivity index (χ2v) is 5.70. The van der Waals surface area contributed by atoms with Gasteiger partial charge in [-0.2, -0.15) is 4.98 Å². The van der Waals surface area contributed by atoms with Crippen LogP contribution in [-0.4, -0.2) is 34.3 Å². The average molecular weight is 316 g/mol. The maximum atomic E-state index is 13.0. The Morgan fingerprint density at radius 1 is 1.30 bits per heavy atom. The van der Waals surface area contributed by atoms with E-state index in [2.05, 4.69) is 20.2 Å². The van der Waals surface area contributed by atoms with Crippen LogP contribution in [-0.2, 0) is 6.42 Å². The zero-order valence-corrected chi connectivity index (χ0v) is 13.2. The number of halogens is 1. The van der Waals surface area contributed by atoms with E-state index in [1.807, 2.05) is 13.0 Å². The number of hydrogen-bond donors (Lipinski definition) is 2. The molecule has 0 aliphatic carbocycles. The van der Waals surface area contributed by atoms with Crippen molar-refractivity contribution in [3.8, 4) is 0 Å². The lowest BCUT2D eigenvalue weighted by atomic mass is 10.2. The number of aliphatic hydroxyl groups excluding tert-OH is 1. The van der Waals surface area contributed by atoms with Gasteiger partial charge in [0.05, 0.1) is 12.6 Å². The Morgan fingerprint density at radius 2 is 2.09 bits per heavy atom. The third-order valence-corrected chi connectivity index (χ3v) is 4.11. The van der Waals surface area contributed by atoms with E-state index in [0.29, 0.717) is 5.95 Å². The Morgan fingerprint density at radius 3 is 2.78 bits per heavy atom. The second kappa shape index (κ2) is 6.91. The van der Waals surface area contributed by atoms with Gasteiger partial charge in [0.2, 0.25) is 5.95 Å². The number of nitrogens with one attached hydrogen (secondary N) is 1. The van der Waals surface area contributed by atoms with Gasteiger partial charge in [0.1, 0.15) is 11.6 Å². The molecule has 1 saturated heterocycles. The number of nitrogens with zero attached hydrogens (tertiary/aromatic N) is 3. The molecule has 1 atom stereocenters. The Balaban J connectivity index is 1.88. The average Bonchev–Trinajstić information content (AvgIpc) is 3.05. The highest BCUT2D eigenvalue weighted by Crippen LogP contribution is 2.26. The van der Waals surface area contributed by atoms with Crippen LogP contribution in [0.4, 0.5) is 21.8 Å². The van der Waals surface area contributed by atoms with Gasteiger partial charge >= 0.3 is 0 Å². The van der Waals surface area contributed by atoms with Crippen LogP contribution in [0.15, 0.2) is 30.3 Å². The molecule has 23 heavy (non-hydrogen) atoms. The standard InChI is InChI=1S/C17H21FN4O/c1-2-13-10-16(22-9-3-4-15(22)11-23)21-17(19-13)20-14-7-5-12(18)6-8-14/h5-8,10,15,23H,2-4,9,11H2,1H3,(H,19,20,21). The SMILES string of the molecule is CCc1cc(N2CCCC2CO)nc(Nc2ccc(F)cc2)n1. The smallest absolute Gasteiger partial charge is 0.229 e. The monoisotopic (exact) mass is 316 g/mol. The summed E-state index contributed by atoms with van der Waals surface area (Å²) in [6.07, 6.45) is 2.82. The molecule has 2 aromatic rings. The van der Waals surface area contributed by atoms with Crippen molar-refractivity contribution in [2.24, 2.45) is 0 Å². The van der Waals surface area contributed by atoms with Crippen LogP contribution in [0.25, 0.3) is 0 Å². The van der Waals surface area contributed by atoms with Crippen LogP contribution in [0.2, 0.25) is 0 Å². The molecule has 2 heterocycles. The van der Waals surface area contributed by atoms with Crippen LogP contribution in [0, 0.1) is 5.82 Å². The van der Waals surface area contributed by atoms with Crippen molar-refractivity contribution < 1.29 is 9.50 Å². The van der Waals surface area contributed by atoms with Gasteiger partial charge in [0.15, 0.2) is 0 Å². The lowest BCUT2D eigenvalue weighted by Gasteiger charge is -2.24. The van der Waals surface area contributed by atoms with Crippen molar-refractivity contribution in [1.82, 2.24) is 9.97 Å². The maximum Gasteiger partial charge on any atom is 0.229 e. The van der Waals surface area contributed by atoms with Crippen molar-refractivity contribution in [3.05, 3.63) is 41.8 Å². The number of rotatable bonds is 5. The molecule has 0 spiro atoms. The number of aromatic nitrogens is 2. The summed E-state index contributed by atoms with van der Waals surface area (Å²) in [6, 6.07) is 8.20. The van der Waals surface area contributed by atoms with E-state index in [4.69, 9.17) is 0 Å². The van der Waals surface area contributed by atoms with Crippen molar-refractivity contribution in [2.75, 3.05) is 23.4 Å². The summed E-state index contributed by atoms with van der Waals surface area (Å²) < 4.78 is 13.0. The highest BCUT2D eigenvalue weighted by Gasteiger charge is 2.25. The molecule has 1 aromatic heterocycles. The third-order valence-electron chi connectivity index (χ3n) is 4.11. The fourth-order valence-electron chi connectivity index (χ4n) is 2.86. The molecule has 2 N–H and O–H groups in total. The van der Waals surface area contributed by atoms with Gasteiger partial charge in [0.25, 0.3) is 0 Å². The quantitative estimate of drug-likeness (QED) is 0.888. The first-order chi connectivity index (χ1) is 11.2. The van der Waals surface area contributed by atoms with E-state index in [1.165, 1.54) is 12.1 Å². The van der Waals surface area contributed by atoms with Gasteiger partial charge < -0.3 is 15.3 Å². The van der Waals surface area contributed by atoms with Crippen LogP contribution < -0.4 is 10.2 Å². The number of aliphatic hydroxyl groups is 1. The van der Waals surface area contributed by atoms with Gasteiger partial charge in [-0.1, -0.05) is 6.92 Å². The molecule has 3 rings (SSSR count). The first kappa shape index (κ1) is 15.7. The molecule has 1 aliphatic heterocycles. The number of anilines is 3. The van der Waals surface area contributed by atoms with Crippen LogP contribution in [0.5, 0.6) is 0 Å². The molecule has 0 amide bonds. The lowest BCUT2D eigenvalue weighted by molar-refractivity contribution is 0.266. The molecule has 122 valence electrons. The summed E-state index contributed by atoms with van der Waals surface area (Å²) in [5.41, 5.74) is 1.67. The summed E-state index contributed by atoms with van der Waals surface area (Å²) in [4.78, 5) is 11.2. The fourth-order valence-corrected chi connectivity index (χ4v) is 2.86. The predicted molar refractivity (Wildman–Crippen MR) is 88.5 cm³/mol. The number of aryl methyl sites for hydroxylation is 1. The van der Waals surface area contributed by atoms with E-state index in [1.54, 1.807) is 12.1 Å². The van der Waals surface area contributed by atoms with E-state index in [-0.39, 0.29) is 18.5 Å². The van der Waals surface area contributed by atoms with Crippen LogP contribution >= 0.6 is 0 Å². The first-order valence-electron chi connectivity index (χ1n) is 7.97. The summed E-state index contributed by atoms with van der Waals surface area (Å²) >= 11 is 0. The van der Waals surface area contributed by atoms with Crippen molar-refractivity contribution >= 4 is 17.5 Å². The first-order valence-corrected chi connectivity index (χ1v) is 7.97. The van der Waals surface area contributed by atoms with Gasteiger partial charge in [0, 0.05) is 24.0 Å². The van der Waals surface area contributed by atoms with Gasteiger partial charge in [-0.3, -0.25) is 0 Å². The molecule has 1 unspecified atom stereocenters. The van der Waals surface area contributed by atoms with Crippen molar-refractivity contribution in [3.63, 3.8) is 0 Å². The molecule has 6 heteroatoms. The molecule has 1 fully saturated rings. The second-order valence-electron chi connectivity index (χ2n) is 5.70. The highest BCUT2D eigenvalue weighted by molar-refractivity contribution is 5.56. The largest absolute Gasteiger partial charge is 0.394 e. The van der Waals surface area contributed by atoms with E-state index in [9.17, 15) is 9.50 Å².